The molecule has 0 radical (unpaired) electrons. The number of anilines is 2. The van der Waals surface area contributed by atoms with Crippen LogP contribution in [-0.2, 0) is 5.41 Å². The van der Waals surface area contributed by atoms with E-state index in [4.69, 9.17) is 0 Å². The van der Waals surface area contributed by atoms with Crippen molar-refractivity contribution >= 4 is 11.4 Å². The fraction of sp³-hybridized carbons (Fsp3) is 0.0811. The molecule has 1 nitrogen and oxygen atoms in total. The molecular formula is C37H31N. The summed E-state index contributed by atoms with van der Waals surface area (Å²) in [6.45, 7) is 4.34. The van der Waals surface area contributed by atoms with Crippen LogP contribution >= 0.6 is 0 Å². The van der Waals surface area contributed by atoms with Crippen molar-refractivity contribution in [2.45, 2.75) is 19.3 Å². The van der Waals surface area contributed by atoms with Crippen LogP contribution in [0, 0.1) is 0 Å². The van der Waals surface area contributed by atoms with Gasteiger partial charge in [0.1, 0.15) is 0 Å². The number of rotatable bonds is 6. The van der Waals surface area contributed by atoms with Crippen molar-refractivity contribution in [1.82, 2.24) is 0 Å². The third kappa shape index (κ3) is 3.97. The van der Waals surface area contributed by atoms with Crippen molar-refractivity contribution in [1.29, 1.82) is 0 Å². The van der Waals surface area contributed by atoms with E-state index in [0.717, 1.165) is 11.4 Å². The highest BCUT2D eigenvalue weighted by molar-refractivity contribution is 5.87. The summed E-state index contributed by atoms with van der Waals surface area (Å²) in [5.74, 6) is 0. The van der Waals surface area contributed by atoms with Gasteiger partial charge in [-0.1, -0.05) is 127 Å². The molecule has 0 aromatic heterocycles. The highest BCUT2D eigenvalue weighted by Crippen LogP contribution is 2.56. The SMILES string of the molecule is C/C=C\C=C(/C)C1(c2ccccc2)c2ccccc2-c2ccc(Nc3ccc(-c4ccccc4)cc3)cc21. The molecule has 0 amide bonds. The Morgan fingerprint density at radius 1 is 0.605 bits per heavy atom. The lowest BCUT2D eigenvalue weighted by molar-refractivity contribution is 0.747. The number of hydrogen-bond donors (Lipinski definition) is 1. The third-order valence-electron chi connectivity index (χ3n) is 7.66. The van der Waals surface area contributed by atoms with Crippen LogP contribution < -0.4 is 5.32 Å². The minimum Gasteiger partial charge on any atom is -0.356 e. The standard InChI is InChI=1S/C37H31N/c1-3-4-13-27(2)37(30-16-9-6-10-17-30)35-19-12-11-18-33(35)34-25-24-32(26-36(34)37)38-31-22-20-29(21-23-31)28-14-7-5-8-15-28/h3-26,38H,1-2H3/b4-3-,27-13+. The molecule has 1 heteroatoms. The summed E-state index contributed by atoms with van der Waals surface area (Å²) >= 11 is 0. The lowest BCUT2D eigenvalue weighted by Crippen LogP contribution is -2.28. The molecule has 1 aliphatic carbocycles. The quantitative estimate of drug-likeness (QED) is 0.234. The molecule has 1 unspecified atom stereocenters. The summed E-state index contributed by atoms with van der Waals surface area (Å²) in [6, 6.07) is 45.8. The molecular weight excluding hydrogens is 458 g/mol. The minimum absolute atomic E-state index is 0.360. The maximum absolute atomic E-state index is 3.68. The first-order chi connectivity index (χ1) is 18.7. The molecule has 0 heterocycles. The topological polar surface area (TPSA) is 12.0 Å². The van der Waals surface area contributed by atoms with Gasteiger partial charge in [0.25, 0.3) is 0 Å². The summed E-state index contributed by atoms with van der Waals surface area (Å²) in [7, 11) is 0. The third-order valence-corrected chi connectivity index (χ3v) is 7.66. The Hall–Kier alpha value is -4.62. The zero-order chi connectivity index (χ0) is 26.0. The van der Waals surface area contributed by atoms with Gasteiger partial charge in [0, 0.05) is 11.4 Å². The van der Waals surface area contributed by atoms with Gasteiger partial charge in [-0.2, -0.15) is 0 Å². The summed E-state index contributed by atoms with van der Waals surface area (Å²) in [6.07, 6.45) is 6.51. The van der Waals surface area contributed by atoms with E-state index in [1.165, 1.54) is 44.5 Å². The van der Waals surface area contributed by atoms with Crippen molar-refractivity contribution in [3.8, 4) is 22.3 Å². The number of hydrogen-bond acceptors (Lipinski definition) is 1. The second-order valence-electron chi connectivity index (χ2n) is 9.87. The Bertz CT molecular complexity index is 1630. The van der Waals surface area contributed by atoms with Crippen molar-refractivity contribution in [3.63, 3.8) is 0 Å². The fourth-order valence-electron chi connectivity index (χ4n) is 5.92. The van der Waals surface area contributed by atoms with Crippen LogP contribution in [-0.4, -0.2) is 0 Å². The molecule has 38 heavy (non-hydrogen) atoms. The zero-order valence-corrected chi connectivity index (χ0v) is 21.9. The molecule has 6 rings (SSSR count). The molecule has 1 N–H and O–H groups in total. The Balaban J connectivity index is 1.47. The number of allylic oxidation sites excluding steroid dienone is 4. The van der Waals surface area contributed by atoms with E-state index in [9.17, 15) is 0 Å². The van der Waals surface area contributed by atoms with E-state index in [1.54, 1.807) is 0 Å². The molecule has 0 aliphatic heterocycles. The maximum Gasteiger partial charge on any atom is 0.0674 e. The van der Waals surface area contributed by atoms with Crippen molar-refractivity contribution in [3.05, 3.63) is 168 Å². The van der Waals surface area contributed by atoms with Gasteiger partial charge in [-0.05, 0) is 77.1 Å². The average Bonchev–Trinajstić information content (AvgIpc) is 3.28. The Kier molecular flexibility index (Phi) is 6.27. The summed E-state index contributed by atoms with van der Waals surface area (Å²) < 4.78 is 0. The lowest BCUT2D eigenvalue weighted by atomic mass is 9.67. The molecule has 0 fully saturated rings. The Morgan fingerprint density at radius 2 is 1.21 bits per heavy atom. The first-order valence-corrected chi connectivity index (χ1v) is 13.2. The molecule has 0 saturated carbocycles. The van der Waals surface area contributed by atoms with E-state index >= 15 is 0 Å². The largest absolute Gasteiger partial charge is 0.356 e. The molecule has 0 saturated heterocycles. The normalized spacial score (nSPS) is 16.3. The van der Waals surface area contributed by atoms with Crippen LogP contribution in [0.4, 0.5) is 11.4 Å². The van der Waals surface area contributed by atoms with Gasteiger partial charge < -0.3 is 5.32 Å². The molecule has 5 aromatic carbocycles. The smallest absolute Gasteiger partial charge is 0.0674 e. The van der Waals surface area contributed by atoms with E-state index in [-0.39, 0.29) is 5.41 Å². The second-order valence-corrected chi connectivity index (χ2v) is 9.87. The van der Waals surface area contributed by atoms with Crippen LogP contribution in [0.25, 0.3) is 22.3 Å². The van der Waals surface area contributed by atoms with Gasteiger partial charge in [-0.15, -0.1) is 0 Å². The van der Waals surface area contributed by atoms with Gasteiger partial charge in [0.15, 0.2) is 0 Å². The van der Waals surface area contributed by atoms with Crippen LogP contribution in [0.3, 0.4) is 0 Å². The molecule has 0 spiro atoms. The van der Waals surface area contributed by atoms with Crippen molar-refractivity contribution in [2.24, 2.45) is 0 Å². The van der Waals surface area contributed by atoms with Gasteiger partial charge in [0.2, 0.25) is 0 Å². The molecule has 5 aromatic rings. The summed E-state index contributed by atoms with van der Waals surface area (Å²) in [5.41, 5.74) is 12.1. The number of nitrogens with one attached hydrogen (secondary N) is 1. The molecule has 184 valence electrons. The molecule has 1 aliphatic rings. The van der Waals surface area contributed by atoms with Gasteiger partial charge in [-0.3, -0.25) is 0 Å². The number of benzene rings is 5. The second kappa shape index (κ2) is 10.0. The van der Waals surface area contributed by atoms with Crippen LogP contribution in [0.5, 0.6) is 0 Å². The number of fused-ring (bicyclic) bond motifs is 3. The van der Waals surface area contributed by atoms with E-state index in [0.29, 0.717) is 0 Å². The summed E-state index contributed by atoms with van der Waals surface area (Å²) in [4.78, 5) is 0. The highest BCUT2D eigenvalue weighted by atomic mass is 14.9. The van der Waals surface area contributed by atoms with Crippen LogP contribution in [0.15, 0.2) is 151 Å². The summed E-state index contributed by atoms with van der Waals surface area (Å²) in [5, 5.41) is 3.68. The Morgan fingerprint density at radius 3 is 1.95 bits per heavy atom. The maximum atomic E-state index is 3.68. The first kappa shape index (κ1) is 23.8. The van der Waals surface area contributed by atoms with E-state index in [2.05, 4.69) is 165 Å². The monoisotopic (exact) mass is 489 g/mol. The predicted molar refractivity (Wildman–Crippen MR) is 162 cm³/mol. The van der Waals surface area contributed by atoms with Crippen molar-refractivity contribution in [2.75, 3.05) is 5.32 Å². The van der Waals surface area contributed by atoms with Crippen LogP contribution in [0.1, 0.15) is 30.5 Å². The van der Waals surface area contributed by atoms with Crippen molar-refractivity contribution < 1.29 is 0 Å². The fourth-order valence-corrected chi connectivity index (χ4v) is 5.92. The first-order valence-electron chi connectivity index (χ1n) is 13.2. The molecule has 1 atom stereocenters. The van der Waals surface area contributed by atoms with Gasteiger partial charge in [0.05, 0.1) is 5.41 Å². The van der Waals surface area contributed by atoms with E-state index in [1.807, 2.05) is 0 Å². The average molecular weight is 490 g/mol. The lowest BCUT2D eigenvalue weighted by Gasteiger charge is -2.34. The van der Waals surface area contributed by atoms with Gasteiger partial charge in [-0.25, -0.2) is 0 Å². The molecule has 0 bridgehead atoms. The van der Waals surface area contributed by atoms with Gasteiger partial charge >= 0.3 is 0 Å². The highest BCUT2D eigenvalue weighted by Gasteiger charge is 2.45. The van der Waals surface area contributed by atoms with Crippen LogP contribution in [0.2, 0.25) is 0 Å². The predicted octanol–water partition coefficient (Wildman–Crippen LogP) is 9.93. The minimum atomic E-state index is -0.360. The Labute approximate surface area is 225 Å². The zero-order valence-electron chi connectivity index (χ0n) is 21.9. The van der Waals surface area contributed by atoms with E-state index < -0.39 is 0 Å².